The highest BCUT2D eigenvalue weighted by atomic mass is 127. The third kappa shape index (κ3) is 3.20. The number of halogens is 1. The fourth-order valence-electron chi connectivity index (χ4n) is 1.61. The predicted molar refractivity (Wildman–Crippen MR) is 76.7 cm³/mol. The molecule has 0 aliphatic heterocycles. The second kappa shape index (κ2) is 6.14. The van der Waals surface area contributed by atoms with Crippen LogP contribution < -0.4 is 5.32 Å². The van der Waals surface area contributed by atoms with Crippen LogP contribution in [-0.4, -0.2) is 32.9 Å². The molecule has 0 aliphatic rings. The zero-order valence-corrected chi connectivity index (χ0v) is 12.1. The molecule has 96 valence electrons. The lowest BCUT2D eigenvalue weighted by atomic mass is 10.4. The molecule has 0 aromatic carbocycles. The van der Waals surface area contributed by atoms with Crippen molar-refractivity contribution in [2.75, 3.05) is 13.7 Å². The summed E-state index contributed by atoms with van der Waals surface area (Å²) in [5.41, 5.74) is 1.88. The number of ether oxygens (including phenoxy) is 1. The van der Waals surface area contributed by atoms with Crippen LogP contribution in [0.5, 0.6) is 0 Å². The van der Waals surface area contributed by atoms with Crippen molar-refractivity contribution in [3.8, 4) is 0 Å². The Morgan fingerprint density at radius 3 is 3.17 bits per heavy atom. The summed E-state index contributed by atoms with van der Waals surface area (Å²) in [4.78, 5) is 15.7. The number of nitrogens with zero attached hydrogens (tertiary/aromatic N) is 2. The Kier molecular flexibility index (Phi) is 4.54. The quantitative estimate of drug-likeness (QED) is 0.498. The molecule has 0 spiro atoms. The van der Waals surface area contributed by atoms with Crippen molar-refractivity contribution in [2.24, 2.45) is 0 Å². The van der Waals surface area contributed by atoms with Gasteiger partial charge in [0, 0.05) is 25.5 Å². The lowest BCUT2D eigenvalue weighted by Gasteiger charge is -2.07. The van der Waals surface area contributed by atoms with E-state index in [0.717, 1.165) is 11.3 Å². The fraction of sp³-hybridized carbons (Fsp3) is 0.333. The van der Waals surface area contributed by atoms with E-state index in [9.17, 15) is 4.79 Å². The Morgan fingerprint density at radius 2 is 2.44 bits per heavy atom. The maximum absolute atomic E-state index is 11.2. The SMILES string of the molecule is COC(=O)C(I)CNCc1cn2ccccc2n1. The minimum absolute atomic E-state index is 0.176. The van der Waals surface area contributed by atoms with E-state index in [-0.39, 0.29) is 9.89 Å². The van der Waals surface area contributed by atoms with Gasteiger partial charge in [0.2, 0.25) is 0 Å². The molecule has 1 unspecified atom stereocenters. The Morgan fingerprint density at radius 1 is 1.61 bits per heavy atom. The van der Waals surface area contributed by atoms with Gasteiger partial charge in [-0.3, -0.25) is 4.79 Å². The number of nitrogens with one attached hydrogen (secondary N) is 1. The number of carbonyl (C=O) groups excluding carboxylic acids is 1. The van der Waals surface area contributed by atoms with E-state index in [2.05, 4.69) is 37.6 Å². The molecule has 2 aromatic rings. The first-order valence-corrected chi connectivity index (χ1v) is 6.80. The monoisotopic (exact) mass is 359 g/mol. The molecular formula is C12H14IN3O2. The molecular weight excluding hydrogens is 345 g/mol. The smallest absolute Gasteiger partial charge is 0.319 e. The van der Waals surface area contributed by atoms with Crippen molar-refractivity contribution in [1.82, 2.24) is 14.7 Å². The molecule has 2 aromatic heterocycles. The summed E-state index contributed by atoms with van der Waals surface area (Å²) in [6.45, 7) is 1.21. The molecule has 0 fully saturated rings. The third-order valence-corrected chi connectivity index (χ3v) is 3.45. The van der Waals surface area contributed by atoms with Crippen molar-refractivity contribution in [1.29, 1.82) is 0 Å². The van der Waals surface area contributed by atoms with Crippen molar-refractivity contribution in [3.05, 3.63) is 36.3 Å². The third-order valence-electron chi connectivity index (χ3n) is 2.50. The van der Waals surface area contributed by atoms with E-state index in [1.165, 1.54) is 7.11 Å². The van der Waals surface area contributed by atoms with Gasteiger partial charge in [-0.05, 0) is 12.1 Å². The summed E-state index contributed by atoms with van der Waals surface area (Å²) < 4.78 is 6.45. The van der Waals surface area contributed by atoms with Crippen molar-refractivity contribution in [2.45, 2.75) is 10.5 Å². The summed E-state index contributed by atoms with van der Waals surface area (Å²) in [6, 6.07) is 5.88. The first-order chi connectivity index (χ1) is 8.70. The summed E-state index contributed by atoms with van der Waals surface area (Å²) in [7, 11) is 1.40. The zero-order chi connectivity index (χ0) is 13.0. The Labute approximate surface area is 119 Å². The van der Waals surface area contributed by atoms with Crippen LogP contribution in [0.1, 0.15) is 5.69 Å². The van der Waals surface area contributed by atoms with Crippen LogP contribution in [0.2, 0.25) is 0 Å². The van der Waals surface area contributed by atoms with Gasteiger partial charge < -0.3 is 14.5 Å². The highest BCUT2D eigenvalue weighted by Crippen LogP contribution is 2.05. The van der Waals surface area contributed by atoms with Crippen LogP contribution in [0.25, 0.3) is 5.65 Å². The molecule has 1 atom stereocenters. The molecule has 2 heterocycles. The van der Waals surface area contributed by atoms with Gasteiger partial charge in [-0.15, -0.1) is 0 Å². The van der Waals surface area contributed by atoms with E-state index in [4.69, 9.17) is 0 Å². The molecule has 18 heavy (non-hydrogen) atoms. The van der Waals surface area contributed by atoms with Gasteiger partial charge in [-0.1, -0.05) is 28.7 Å². The van der Waals surface area contributed by atoms with Gasteiger partial charge in [0.05, 0.1) is 12.8 Å². The number of imidazole rings is 1. The summed E-state index contributed by atoms with van der Waals surface area (Å²) in [6.07, 6.45) is 3.93. The molecule has 6 heteroatoms. The van der Waals surface area contributed by atoms with Crippen LogP contribution in [0.15, 0.2) is 30.6 Å². The van der Waals surface area contributed by atoms with Crippen LogP contribution >= 0.6 is 22.6 Å². The Hall–Kier alpha value is -1.15. The van der Waals surface area contributed by atoms with Gasteiger partial charge in [-0.25, -0.2) is 4.98 Å². The van der Waals surface area contributed by atoms with Gasteiger partial charge in [0.15, 0.2) is 0 Å². The summed E-state index contributed by atoms with van der Waals surface area (Å²) in [5, 5.41) is 3.19. The number of alkyl halides is 1. The van der Waals surface area contributed by atoms with E-state index >= 15 is 0 Å². The van der Waals surface area contributed by atoms with Crippen molar-refractivity contribution < 1.29 is 9.53 Å². The lowest BCUT2D eigenvalue weighted by Crippen LogP contribution is -2.29. The standard InChI is InChI=1S/C12H14IN3O2/c1-18-12(17)10(13)7-14-6-9-8-16-5-3-2-4-11(16)15-9/h2-5,8,10,14H,6-7H2,1H3. The largest absolute Gasteiger partial charge is 0.468 e. The number of hydrogen-bond donors (Lipinski definition) is 1. The van der Waals surface area contributed by atoms with Crippen LogP contribution in [0, 0.1) is 0 Å². The number of pyridine rings is 1. The molecule has 2 rings (SSSR count). The number of hydrogen-bond acceptors (Lipinski definition) is 4. The van der Waals surface area contributed by atoms with E-state index in [1.54, 1.807) is 0 Å². The molecule has 0 bridgehead atoms. The van der Waals surface area contributed by atoms with E-state index in [1.807, 2.05) is 35.0 Å². The van der Waals surface area contributed by atoms with Crippen molar-refractivity contribution in [3.63, 3.8) is 0 Å². The van der Waals surface area contributed by atoms with Gasteiger partial charge in [0.25, 0.3) is 0 Å². The lowest BCUT2D eigenvalue weighted by molar-refractivity contribution is -0.139. The molecule has 0 saturated carbocycles. The predicted octanol–water partition coefficient (Wildman–Crippen LogP) is 1.40. The average Bonchev–Trinajstić information content (AvgIpc) is 2.80. The molecule has 5 nitrogen and oxygen atoms in total. The number of fused-ring (bicyclic) bond motifs is 1. The molecule has 0 radical (unpaired) electrons. The van der Waals surface area contributed by atoms with E-state index < -0.39 is 0 Å². The van der Waals surface area contributed by atoms with Crippen LogP contribution in [-0.2, 0) is 16.1 Å². The maximum Gasteiger partial charge on any atom is 0.319 e. The number of carbonyl (C=O) groups is 1. The molecule has 1 N–H and O–H groups in total. The number of rotatable bonds is 5. The van der Waals surface area contributed by atoms with Gasteiger partial charge >= 0.3 is 5.97 Å². The zero-order valence-electron chi connectivity index (χ0n) is 9.97. The number of aromatic nitrogens is 2. The van der Waals surface area contributed by atoms with Crippen LogP contribution in [0.3, 0.4) is 0 Å². The second-order valence-corrected chi connectivity index (χ2v) is 5.32. The van der Waals surface area contributed by atoms with E-state index in [0.29, 0.717) is 13.1 Å². The highest BCUT2D eigenvalue weighted by molar-refractivity contribution is 14.1. The number of methoxy groups -OCH3 is 1. The maximum atomic E-state index is 11.2. The Balaban J connectivity index is 1.88. The Bertz CT molecular complexity index is 508. The van der Waals surface area contributed by atoms with Crippen LogP contribution in [0.4, 0.5) is 0 Å². The van der Waals surface area contributed by atoms with Gasteiger partial charge in [0.1, 0.15) is 9.57 Å². The first kappa shape index (κ1) is 13.3. The molecule has 0 aliphatic carbocycles. The normalized spacial score (nSPS) is 12.6. The van der Waals surface area contributed by atoms with Gasteiger partial charge in [-0.2, -0.15) is 0 Å². The topological polar surface area (TPSA) is 55.6 Å². The number of esters is 1. The first-order valence-electron chi connectivity index (χ1n) is 5.56. The highest BCUT2D eigenvalue weighted by Gasteiger charge is 2.14. The summed E-state index contributed by atoms with van der Waals surface area (Å²) in [5.74, 6) is -0.210. The minimum atomic E-state index is -0.210. The van der Waals surface area contributed by atoms with Crippen molar-refractivity contribution >= 4 is 34.2 Å². The second-order valence-electron chi connectivity index (χ2n) is 3.82. The molecule has 0 saturated heterocycles. The minimum Gasteiger partial charge on any atom is -0.468 e. The fourth-order valence-corrected chi connectivity index (χ4v) is 2.18. The summed E-state index contributed by atoms with van der Waals surface area (Å²) >= 11 is 2.06. The molecule has 0 amide bonds. The average molecular weight is 359 g/mol.